The third kappa shape index (κ3) is 4.19. The lowest BCUT2D eigenvalue weighted by Gasteiger charge is -2.33. The van der Waals surface area contributed by atoms with Gasteiger partial charge in [0, 0.05) is 37.5 Å². The number of hydrogen-bond acceptors (Lipinski definition) is 3. The van der Waals surface area contributed by atoms with Crippen LogP contribution in [0.4, 0.5) is 0 Å². The Morgan fingerprint density at radius 1 is 1.24 bits per heavy atom. The van der Waals surface area contributed by atoms with Gasteiger partial charge in [0.1, 0.15) is 5.54 Å². The average Bonchev–Trinajstić information content (AvgIpc) is 2.47. The maximum Gasteiger partial charge on any atom is 0.329 e. The standard InChI is InChI=1S/C15H18ClNO4/c16-12-4-1-11(2-5-12)3-6-13(18)17-15(14(19)20)7-9-21-10-8-15/h1-2,4-5H,3,6-10H2,(H,17,18)(H,19,20). The maximum absolute atomic E-state index is 12.0. The summed E-state index contributed by atoms with van der Waals surface area (Å²) in [5.41, 5.74) is -0.194. The fraction of sp³-hybridized carbons (Fsp3) is 0.467. The number of hydrogen-bond donors (Lipinski definition) is 2. The Bertz CT molecular complexity index is 509. The first-order valence-corrected chi connectivity index (χ1v) is 7.26. The van der Waals surface area contributed by atoms with Gasteiger partial charge in [0.05, 0.1) is 0 Å². The summed E-state index contributed by atoms with van der Waals surface area (Å²) in [7, 11) is 0. The van der Waals surface area contributed by atoms with Gasteiger partial charge in [0.15, 0.2) is 0 Å². The number of carboxylic acid groups (broad SMARTS) is 1. The molecule has 1 aliphatic rings. The van der Waals surface area contributed by atoms with Crippen LogP contribution in [-0.2, 0) is 20.7 Å². The molecule has 1 aliphatic heterocycles. The highest BCUT2D eigenvalue weighted by Crippen LogP contribution is 2.21. The second-order valence-corrected chi connectivity index (χ2v) is 5.61. The van der Waals surface area contributed by atoms with Crippen molar-refractivity contribution >= 4 is 23.5 Å². The molecule has 1 saturated heterocycles. The van der Waals surface area contributed by atoms with Crippen molar-refractivity contribution in [2.24, 2.45) is 0 Å². The van der Waals surface area contributed by atoms with E-state index >= 15 is 0 Å². The minimum Gasteiger partial charge on any atom is -0.480 e. The number of amides is 1. The fourth-order valence-electron chi connectivity index (χ4n) is 2.35. The SMILES string of the molecule is O=C(CCc1ccc(Cl)cc1)NC1(C(=O)O)CCOCC1. The molecule has 1 heterocycles. The van der Waals surface area contributed by atoms with Crippen LogP contribution in [0.2, 0.25) is 5.02 Å². The lowest BCUT2D eigenvalue weighted by molar-refractivity contribution is -0.152. The summed E-state index contributed by atoms with van der Waals surface area (Å²) in [4.78, 5) is 23.5. The molecular weight excluding hydrogens is 294 g/mol. The molecule has 0 spiro atoms. The van der Waals surface area contributed by atoms with Crippen molar-refractivity contribution < 1.29 is 19.4 Å². The second kappa shape index (κ2) is 6.91. The van der Waals surface area contributed by atoms with Crippen molar-refractivity contribution in [2.75, 3.05) is 13.2 Å². The second-order valence-electron chi connectivity index (χ2n) is 5.17. The molecule has 1 amide bonds. The van der Waals surface area contributed by atoms with Crippen LogP contribution in [0.25, 0.3) is 0 Å². The lowest BCUT2D eigenvalue weighted by Crippen LogP contribution is -2.57. The molecule has 2 N–H and O–H groups in total. The zero-order valence-corrected chi connectivity index (χ0v) is 12.4. The largest absolute Gasteiger partial charge is 0.480 e. The molecule has 0 aliphatic carbocycles. The molecule has 2 rings (SSSR count). The quantitative estimate of drug-likeness (QED) is 0.872. The molecule has 0 radical (unpaired) electrons. The van der Waals surface area contributed by atoms with E-state index < -0.39 is 11.5 Å². The number of aryl methyl sites for hydroxylation is 1. The number of carboxylic acids is 1. The van der Waals surface area contributed by atoms with E-state index in [2.05, 4.69) is 5.32 Å². The summed E-state index contributed by atoms with van der Waals surface area (Å²) in [6.07, 6.45) is 1.40. The fourth-order valence-corrected chi connectivity index (χ4v) is 2.48. The Labute approximate surface area is 128 Å². The molecule has 21 heavy (non-hydrogen) atoms. The average molecular weight is 312 g/mol. The number of carbonyl (C=O) groups excluding carboxylic acids is 1. The first-order chi connectivity index (χ1) is 10.0. The number of aliphatic carboxylic acids is 1. The summed E-state index contributed by atoms with van der Waals surface area (Å²) in [5.74, 6) is -1.25. The van der Waals surface area contributed by atoms with E-state index in [-0.39, 0.29) is 12.3 Å². The zero-order chi connectivity index (χ0) is 15.3. The summed E-state index contributed by atoms with van der Waals surface area (Å²) in [5, 5.41) is 12.7. The Morgan fingerprint density at radius 3 is 2.43 bits per heavy atom. The molecule has 0 saturated carbocycles. The first-order valence-electron chi connectivity index (χ1n) is 6.88. The van der Waals surface area contributed by atoms with Crippen molar-refractivity contribution in [2.45, 2.75) is 31.2 Å². The Kier molecular flexibility index (Phi) is 5.20. The third-order valence-corrected chi connectivity index (χ3v) is 3.94. The van der Waals surface area contributed by atoms with Gasteiger partial charge in [-0.3, -0.25) is 4.79 Å². The molecule has 1 aromatic rings. The highest BCUT2D eigenvalue weighted by molar-refractivity contribution is 6.30. The highest BCUT2D eigenvalue weighted by atomic mass is 35.5. The number of halogens is 1. The molecule has 0 bridgehead atoms. The van der Waals surface area contributed by atoms with E-state index in [0.29, 0.717) is 37.5 Å². The van der Waals surface area contributed by atoms with Crippen LogP contribution in [0.15, 0.2) is 24.3 Å². The predicted molar refractivity (Wildman–Crippen MR) is 78.3 cm³/mol. The van der Waals surface area contributed by atoms with Crippen molar-refractivity contribution in [1.82, 2.24) is 5.32 Å². The van der Waals surface area contributed by atoms with Crippen molar-refractivity contribution in [3.63, 3.8) is 0 Å². The van der Waals surface area contributed by atoms with E-state index in [1.165, 1.54) is 0 Å². The number of carbonyl (C=O) groups is 2. The van der Waals surface area contributed by atoms with Gasteiger partial charge >= 0.3 is 5.97 Å². The van der Waals surface area contributed by atoms with Crippen LogP contribution in [0, 0.1) is 0 Å². The van der Waals surface area contributed by atoms with Gasteiger partial charge in [-0.15, -0.1) is 0 Å². The molecule has 5 nitrogen and oxygen atoms in total. The van der Waals surface area contributed by atoms with Gasteiger partial charge in [-0.2, -0.15) is 0 Å². The summed E-state index contributed by atoms with van der Waals surface area (Å²) < 4.78 is 5.17. The Balaban J connectivity index is 1.90. The molecule has 0 aromatic heterocycles. The highest BCUT2D eigenvalue weighted by Gasteiger charge is 2.41. The van der Waals surface area contributed by atoms with E-state index in [1.54, 1.807) is 12.1 Å². The van der Waals surface area contributed by atoms with Gasteiger partial charge in [0.2, 0.25) is 5.91 Å². The van der Waals surface area contributed by atoms with Crippen molar-refractivity contribution in [3.05, 3.63) is 34.9 Å². The maximum atomic E-state index is 12.0. The summed E-state index contributed by atoms with van der Waals surface area (Å²) in [6, 6.07) is 7.26. The number of rotatable bonds is 5. The summed E-state index contributed by atoms with van der Waals surface area (Å²) >= 11 is 5.80. The van der Waals surface area contributed by atoms with Crippen LogP contribution in [0.5, 0.6) is 0 Å². The van der Waals surface area contributed by atoms with Crippen LogP contribution < -0.4 is 5.32 Å². The van der Waals surface area contributed by atoms with E-state index in [9.17, 15) is 14.7 Å². The first kappa shape index (κ1) is 15.8. The Hall–Kier alpha value is -1.59. The predicted octanol–water partition coefficient (Wildman–Crippen LogP) is 2.02. The van der Waals surface area contributed by atoms with E-state index in [1.807, 2.05) is 12.1 Å². The molecule has 6 heteroatoms. The zero-order valence-electron chi connectivity index (χ0n) is 11.6. The molecular formula is C15H18ClNO4. The normalized spacial score (nSPS) is 17.2. The van der Waals surface area contributed by atoms with Crippen LogP contribution in [0.1, 0.15) is 24.8 Å². The molecule has 1 aromatic carbocycles. The number of nitrogens with one attached hydrogen (secondary N) is 1. The van der Waals surface area contributed by atoms with Gasteiger partial charge in [-0.05, 0) is 24.1 Å². The van der Waals surface area contributed by atoms with Crippen molar-refractivity contribution in [3.8, 4) is 0 Å². The minimum atomic E-state index is -1.19. The lowest BCUT2D eigenvalue weighted by atomic mass is 9.90. The molecule has 0 atom stereocenters. The van der Waals surface area contributed by atoms with E-state index in [4.69, 9.17) is 16.3 Å². The van der Waals surface area contributed by atoms with Crippen LogP contribution in [-0.4, -0.2) is 35.7 Å². The third-order valence-electron chi connectivity index (χ3n) is 3.69. The van der Waals surface area contributed by atoms with Crippen molar-refractivity contribution in [1.29, 1.82) is 0 Å². The molecule has 114 valence electrons. The van der Waals surface area contributed by atoms with E-state index in [0.717, 1.165) is 5.56 Å². The van der Waals surface area contributed by atoms with Gasteiger partial charge < -0.3 is 15.2 Å². The monoisotopic (exact) mass is 311 g/mol. The topological polar surface area (TPSA) is 75.6 Å². The van der Waals surface area contributed by atoms with Gasteiger partial charge in [0.25, 0.3) is 0 Å². The van der Waals surface area contributed by atoms with Gasteiger partial charge in [-0.25, -0.2) is 4.79 Å². The van der Waals surface area contributed by atoms with Gasteiger partial charge in [-0.1, -0.05) is 23.7 Å². The van der Waals surface area contributed by atoms with Crippen LogP contribution >= 0.6 is 11.6 Å². The molecule has 1 fully saturated rings. The number of benzene rings is 1. The minimum absolute atomic E-state index is 0.248. The van der Waals surface area contributed by atoms with Crippen LogP contribution in [0.3, 0.4) is 0 Å². The Morgan fingerprint density at radius 2 is 1.86 bits per heavy atom. The summed E-state index contributed by atoms with van der Waals surface area (Å²) in [6.45, 7) is 0.702. The molecule has 0 unspecified atom stereocenters. The number of ether oxygens (including phenoxy) is 1. The smallest absolute Gasteiger partial charge is 0.329 e.